The number of nitro benzene ring substituents is 1. The monoisotopic (exact) mass is 224 g/mol. The van der Waals surface area contributed by atoms with Crippen LogP contribution in [0.2, 0.25) is 0 Å². The number of nitrogens with one attached hydrogen (secondary N) is 1. The van der Waals surface area contributed by atoms with Gasteiger partial charge in [0.15, 0.2) is 0 Å². The first-order chi connectivity index (χ1) is 7.67. The Kier molecular flexibility index (Phi) is 4.88. The Balaban J connectivity index is 2.63. The van der Waals surface area contributed by atoms with Crippen molar-refractivity contribution < 1.29 is 10.0 Å². The van der Waals surface area contributed by atoms with Crippen molar-refractivity contribution in [3.63, 3.8) is 0 Å². The van der Waals surface area contributed by atoms with Crippen molar-refractivity contribution >= 4 is 5.69 Å². The van der Waals surface area contributed by atoms with Crippen molar-refractivity contribution in [3.05, 3.63) is 39.9 Å². The predicted octanol–water partition coefficient (Wildman–Crippen LogP) is 1.11. The van der Waals surface area contributed by atoms with Crippen LogP contribution < -0.4 is 5.32 Å². The molecule has 16 heavy (non-hydrogen) atoms. The van der Waals surface area contributed by atoms with Crippen molar-refractivity contribution in [2.45, 2.75) is 19.4 Å². The number of hydrogen-bond acceptors (Lipinski definition) is 4. The van der Waals surface area contributed by atoms with Crippen LogP contribution >= 0.6 is 0 Å². The van der Waals surface area contributed by atoms with E-state index in [1.807, 2.05) is 6.92 Å². The molecule has 0 aliphatic rings. The van der Waals surface area contributed by atoms with E-state index in [4.69, 9.17) is 5.11 Å². The van der Waals surface area contributed by atoms with E-state index >= 15 is 0 Å². The summed E-state index contributed by atoms with van der Waals surface area (Å²) >= 11 is 0. The zero-order valence-corrected chi connectivity index (χ0v) is 9.22. The van der Waals surface area contributed by atoms with Gasteiger partial charge in [0.25, 0.3) is 5.69 Å². The molecule has 0 saturated heterocycles. The lowest BCUT2D eigenvalue weighted by molar-refractivity contribution is -0.384. The lowest BCUT2D eigenvalue weighted by Gasteiger charge is -2.14. The minimum atomic E-state index is -0.419. The molecule has 0 saturated carbocycles. The van der Waals surface area contributed by atoms with Crippen LogP contribution in [-0.4, -0.2) is 29.2 Å². The standard InChI is InChI=1S/C11H16N2O3/c1-2-12-10(8-14)7-9-3-5-11(6-4-9)13(15)16/h3-6,10,12,14H,2,7-8H2,1H3. The van der Waals surface area contributed by atoms with Crippen LogP contribution in [0.5, 0.6) is 0 Å². The molecule has 1 aromatic carbocycles. The summed E-state index contributed by atoms with van der Waals surface area (Å²) in [6.07, 6.45) is 0.669. The number of rotatable bonds is 6. The first kappa shape index (κ1) is 12.6. The number of aliphatic hydroxyl groups excluding tert-OH is 1. The first-order valence-corrected chi connectivity index (χ1v) is 5.25. The van der Waals surface area contributed by atoms with Crippen molar-refractivity contribution in [1.29, 1.82) is 0 Å². The molecule has 0 spiro atoms. The lowest BCUT2D eigenvalue weighted by Crippen LogP contribution is -2.34. The van der Waals surface area contributed by atoms with Crippen LogP contribution in [0.3, 0.4) is 0 Å². The van der Waals surface area contributed by atoms with Crippen LogP contribution in [0.15, 0.2) is 24.3 Å². The van der Waals surface area contributed by atoms with Gasteiger partial charge in [-0.25, -0.2) is 0 Å². The van der Waals surface area contributed by atoms with Crippen molar-refractivity contribution in [2.24, 2.45) is 0 Å². The fourth-order valence-corrected chi connectivity index (χ4v) is 1.53. The molecule has 0 fully saturated rings. The number of nitrogens with zero attached hydrogens (tertiary/aromatic N) is 1. The highest BCUT2D eigenvalue weighted by Gasteiger charge is 2.08. The maximum atomic E-state index is 10.4. The van der Waals surface area contributed by atoms with Crippen LogP contribution in [0.25, 0.3) is 0 Å². The first-order valence-electron chi connectivity index (χ1n) is 5.25. The van der Waals surface area contributed by atoms with Gasteiger partial charge in [0, 0.05) is 18.2 Å². The molecule has 0 heterocycles. The van der Waals surface area contributed by atoms with E-state index in [2.05, 4.69) is 5.32 Å². The third-order valence-electron chi connectivity index (χ3n) is 2.34. The van der Waals surface area contributed by atoms with Gasteiger partial charge in [-0.3, -0.25) is 10.1 Å². The summed E-state index contributed by atoms with van der Waals surface area (Å²) in [7, 11) is 0. The van der Waals surface area contributed by atoms with Gasteiger partial charge in [0.2, 0.25) is 0 Å². The summed E-state index contributed by atoms with van der Waals surface area (Å²) in [5, 5.41) is 22.7. The average molecular weight is 224 g/mol. The highest BCUT2D eigenvalue weighted by atomic mass is 16.6. The highest BCUT2D eigenvalue weighted by Crippen LogP contribution is 2.13. The van der Waals surface area contributed by atoms with Gasteiger partial charge in [-0.2, -0.15) is 0 Å². The number of aliphatic hydroxyl groups is 1. The molecule has 1 atom stereocenters. The molecule has 1 aromatic rings. The molecule has 0 bridgehead atoms. The summed E-state index contributed by atoms with van der Waals surface area (Å²) in [6.45, 7) is 2.82. The van der Waals surface area contributed by atoms with E-state index in [0.717, 1.165) is 12.1 Å². The number of non-ortho nitro benzene ring substituents is 1. The van der Waals surface area contributed by atoms with Gasteiger partial charge in [0.05, 0.1) is 11.5 Å². The summed E-state index contributed by atoms with van der Waals surface area (Å²) < 4.78 is 0. The van der Waals surface area contributed by atoms with E-state index in [9.17, 15) is 10.1 Å². The van der Waals surface area contributed by atoms with Gasteiger partial charge in [-0.1, -0.05) is 19.1 Å². The van der Waals surface area contributed by atoms with Crippen LogP contribution in [0, 0.1) is 10.1 Å². The summed E-state index contributed by atoms with van der Waals surface area (Å²) in [5.41, 5.74) is 1.07. The largest absolute Gasteiger partial charge is 0.395 e. The van der Waals surface area contributed by atoms with Gasteiger partial charge < -0.3 is 10.4 Å². The molecule has 5 heteroatoms. The van der Waals surface area contributed by atoms with Crippen molar-refractivity contribution in [1.82, 2.24) is 5.32 Å². The van der Waals surface area contributed by atoms with Gasteiger partial charge in [0.1, 0.15) is 0 Å². The Morgan fingerprint density at radius 1 is 1.44 bits per heavy atom. The molecule has 88 valence electrons. The Labute approximate surface area is 94.3 Å². The zero-order valence-electron chi connectivity index (χ0n) is 9.22. The van der Waals surface area contributed by atoms with E-state index in [1.54, 1.807) is 12.1 Å². The second-order valence-electron chi connectivity index (χ2n) is 3.56. The second-order valence-corrected chi connectivity index (χ2v) is 3.56. The molecule has 0 aromatic heterocycles. The summed E-state index contributed by atoms with van der Waals surface area (Å²) in [4.78, 5) is 10.0. The second kappa shape index (κ2) is 6.19. The quantitative estimate of drug-likeness (QED) is 0.560. The maximum Gasteiger partial charge on any atom is 0.269 e. The summed E-state index contributed by atoms with van der Waals surface area (Å²) in [6, 6.07) is 6.41. The van der Waals surface area contributed by atoms with Crippen LogP contribution in [0.4, 0.5) is 5.69 Å². The molecular weight excluding hydrogens is 208 g/mol. The molecule has 1 rings (SSSR count). The van der Waals surface area contributed by atoms with Crippen LogP contribution in [-0.2, 0) is 6.42 Å². The van der Waals surface area contributed by atoms with E-state index in [-0.39, 0.29) is 18.3 Å². The molecule has 0 amide bonds. The SMILES string of the molecule is CCNC(CO)Cc1ccc([N+](=O)[O-])cc1. The van der Waals surface area contributed by atoms with Crippen molar-refractivity contribution in [3.8, 4) is 0 Å². The number of likely N-dealkylation sites (N-methyl/N-ethyl adjacent to an activating group) is 1. The zero-order chi connectivity index (χ0) is 12.0. The fourth-order valence-electron chi connectivity index (χ4n) is 1.53. The number of hydrogen-bond donors (Lipinski definition) is 2. The average Bonchev–Trinajstić information content (AvgIpc) is 2.29. The van der Waals surface area contributed by atoms with E-state index in [1.165, 1.54) is 12.1 Å². The number of benzene rings is 1. The van der Waals surface area contributed by atoms with Crippen LogP contribution in [0.1, 0.15) is 12.5 Å². The highest BCUT2D eigenvalue weighted by molar-refractivity contribution is 5.33. The van der Waals surface area contributed by atoms with Crippen molar-refractivity contribution in [2.75, 3.05) is 13.2 Å². The Bertz CT molecular complexity index is 338. The molecule has 0 radical (unpaired) electrons. The topological polar surface area (TPSA) is 75.4 Å². The molecule has 5 nitrogen and oxygen atoms in total. The Morgan fingerprint density at radius 3 is 2.50 bits per heavy atom. The van der Waals surface area contributed by atoms with Gasteiger partial charge in [-0.05, 0) is 18.5 Å². The Morgan fingerprint density at radius 2 is 2.06 bits per heavy atom. The number of nitro groups is 1. The minimum absolute atomic E-state index is 0.00598. The maximum absolute atomic E-state index is 10.4. The fraction of sp³-hybridized carbons (Fsp3) is 0.455. The third-order valence-corrected chi connectivity index (χ3v) is 2.34. The van der Waals surface area contributed by atoms with E-state index < -0.39 is 4.92 Å². The molecule has 1 unspecified atom stereocenters. The molecule has 2 N–H and O–H groups in total. The van der Waals surface area contributed by atoms with Gasteiger partial charge in [-0.15, -0.1) is 0 Å². The summed E-state index contributed by atoms with van der Waals surface area (Å²) in [5.74, 6) is 0. The molecule has 0 aliphatic heterocycles. The molecule has 0 aliphatic carbocycles. The predicted molar refractivity (Wildman–Crippen MR) is 61.4 cm³/mol. The smallest absolute Gasteiger partial charge is 0.269 e. The minimum Gasteiger partial charge on any atom is -0.395 e. The normalized spacial score (nSPS) is 12.4. The third kappa shape index (κ3) is 3.60. The Hall–Kier alpha value is -1.46. The molecular formula is C11H16N2O3. The van der Waals surface area contributed by atoms with Gasteiger partial charge >= 0.3 is 0 Å². The van der Waals surface area contributed by atoms with E-state index in [0.29, 0.717) is 6.42 Å². The lowest BCUT2D eigenvalue weighted by atomic mass is 10.1.